The highest BCUT2D eigenvalue weighted by atomic mass is 32.1. The van der Waals surface area contributed by atoms with Crippen molar-refractivity contribution in [1.29, 1.82) is 0 Å². The second kappa shape index (κ2) is 9.51. The summed E-state index contributed by atoms with van der Waals surface area (Å²) in [5.41, 5.74) is 4.60. The summed E-state index contributed by atoms with van der Waals surface area (Å²) in [4.78, 5) is 23.7. The van der Waals surface area contributed by atoms with Crippen molar-refractivity contribution in [2.24, 2.45) is 0 Å². The Morgan fingerprint density at radius 3 is 2.37 bits per heavy atom. The van der Waals surface area contributed by atoms with Gasteiger partial charge in [0.1, 0.15) is 0 Å². The van der Waals surface area contributed by atoms with E-state index in [2.05, 4.69) is 46.4 Å². The zero-order valence-electron chi connectivity index (χ0n) is 17.6. The van der Waals surface area contributed by atoms with Crippen LogP contribution in [0.3, 0.4) is 0 Å². The number of hydrogen-bond acceptors (Lipinski definition) is 5. The summed E-state index contributed by atoms with van der Waals surface area (Å²) in [5, 5.41) is 2.81. The molecule has 2 heterocycles. The number of thiazole rings is 1. The molecule has 2 aromatic carbocycles. The molecule has 1 saturated heterocycles. The minimum atomic E-state index is -0.0214. The van der Waals surface area contributed by atoms with Crippen molar-refractivity contribution in [2.75, 3.05) is 31.1 Å². The van der Waals surface area contributed by atoms with E-state index in [-0.39, 0.29) is 5.91 Å². The number of carbonyl (C=O) groups is 1. The number of aryl methyl sites for hydroxylation is 1. The number of nitrogens with zero attached hydrogens (tertiary/aromatic N) is 4. The summed E-state index contributed by atoms with van der Waals surface area (Å²) < 4.78 is 0. The number of amides is 1. The maximum atomic E-state index is 12.2. The summed E-state index contributed by atoms with van der Waals surface area (Å²) in [7, 11) is 0. The van der Waals surface area contributed by atoms with Gasteiger partial charge in [0.2, 0.25) is 5.91 Å². The lowest BCUT2D eigenvalue weighted by molar-refractivity contribution is -0.115. The van der Waals surface area contributed by atoms with Crippen molar-refractivity contribution < 1.29 is 4.79 Å². The number of piperazine rings is 1. The molecule has 30 heavy (non-hydrogen) atoms. The zero-order valence-corrected chi connectivity index (χ0v) is 18.4. The van der Waals surface area contributed by atoms with E-state index in [0.29, 0.717) is 0 Å². The minimum absolute atomic E-state index is 0.0214. The molecule has 0 radical (unpaired) electrons. The number of para-hydroxylation sites is 1. The first-order chi connectivity index (χ1) is 14.6. The molecule has 4 rings (SSSR count). The van der Waals surface area contributed by atoms with E-state index in [9.17, 15) is 4.79 Å². The molecular weight excluding hydrogens is 392 g/mol. The zero-order chi connectivity index (χ0) is 20.9. The molecule has 0 N–H and O–H groups in total. The van der Waals surface area contributed by atoms with Gasteiger partial charge in [0.05, 0.1) is 11.4 Å². The van der Waals surface area contributed by atoms with Crippen LogP contribution in [0.1, 0.15) is 23.7 Å². The Labute approximate surface area is 182 Å². The highest BCUT2D eigenvalue weighted by Gasteiger charge is 2.21. The minimum Gasteiger partial charge on any atom is -0.297 e. The van der Waals surface area contributed by atoms with Crippen LogP contribution in [0, 0.1) is 6.92 Å². The third kappa shape index (κ3) is 5.14. The van der Waals surface area contributed by atoms with Crippen molar-refractivity contribution >= 4 is 28.1 Å². The fourth-order valence-electron chi connectivity index (χ4n) is 3.88. The normalized spacial score (nSPS) is 15.3. The number of benzene rings is 2. The maximum absolute atomic E-state index is 12.2. The molecule has 1 aromatic heterocycles. The van der Waals surface area contributed by atoms with Gasteiger partial charge in [-0.15, -0.1) is 11.3 Å². The van der Waals surface area contributed by atoms with Gasteiger partial charge in [-0.2, -0.15) is 0 Å². The number of rotatable bonds is 6. The molecule has 6 heteroatoms. The Bertz CT molecular complexity index is 980. The van der Waals surface area contributed by atoms with Crippen molar-refractivity contribution in [3.8, 4) is 0 Å². The fraction of sp³-hybridized carbons (Fsp3) is 0.333. The Kier molecular flexibility index (Phi) is 6.57. The Morgan fingerprint density at radius 2 is 1.70 bits per heavy atom. The van der Waals surface area contributed by atoms with Gasteiger partial charge >= 0.3 is 0 Å². The molecule has 0 spiro atoms. The molecular formula is C24H28N4OS. The molecule has 0 unspecified atom stereocenters. The van der Waals surface area contributed by atoms with Crippen molar-refractivity contribution in [1.82, 2.24) is 14.8 Å². The predicted octanol–water partition coefficient (Wildman–Crippen LogP) is 4.45. The molecule has 0 bridgehead atoms. The van der Waals surface area contributed by atoms with Crippen LogP contribution in [0.5, 0.6) is 0 Å². The first-order valence-electron chi connectivity index (χ1n) is 10.4. The van der Waals surface area contributed by atoms with Crippen LogP contribution in [0.4, 0.5) is 10.8 Å². The van der Waals surface area contributed by atoms with Gasteiger partial charge in [0, 0.05) is 51.6 Å². The van der Waals surface area contributed by atoms with E-state index in [0.717, 1.165) is 55.8 Å². The monoisotopic (exact) mass is 420 g/mol. The van der Waals surface area contributed by atoms with E-state index in [4.69, 9.17) is 4.98 Å². The number of aromatic nitrogens is 1. The second-order valence-electron chi connectivity index (χ2n) is 7.85. The van der Waals surface area contributed by atoms with Gasteiger partial charge in [-0.3, -0.25) is 19.5 Å². The lowest BCUT2D eigenvalue weighted by Gasteiger charge is -2.34. The van der Waals surface area contributed by atoms with Gasteiger partial charge in [0.25, 0.3) is 0 Å². The summed E-state index contributed by atoms with van der Waals surface area (Å²) in [6.07, 6.45) is 0. The smallest absolute Gasteiger partial charge is 0.230 e. The molecule has 5 nitrogen and oxygen atoms in total. The maximum Gasteiger partial charge on any atom is 0.230 e. The summed E-state index contributed by atoms with van der Waals surface area (Å²) in [6, 6.07) is 18.5. The van der Waals surface area contributed by atoms with Gasteiger partial charge in [-0.1, -0.05) is 48.0 Å². The van der Waals surface area contributed by atoms with Gasteiger partial charge in [-0.25, -0.2) is 4.98 Å². The van der Waals surface area contributed by atoms with Crippen LogP contribution >= 0.6 is 11.3 Å². The first-order valence-corrected chi connectivity index (χ1v) is 11.3. The molecule has 1 amide bonds. The van der Waals surface area contributed by atoms with Crippen LogP contribution in [0.15, 0.2) is 60.0 Å². The molecule has 1 fully saturated rings. The van der Waals surface area contributed by atoms with Crippen molar-refractivity contribution in [3.05, 3.63) is 76.8 Å². The quantitative estimate of drug-likeness (QED) is 0.591. The molecule has 1 aliphatic heterocycles. The number of carbonyl (C=O) groups excluding carboxylic acids is 1. The van der Waals surface area contributed by atoms with E-state index >= 15 is 0 Å². The molecule has 156 valence electrons. The van der Waals surface area contributed by atoms with Crippen LogP contribution in [0.25, 0.3) is 0 Å². The Morgan fingerprint density at radius 1 is 1.00 bits per heavy atom. The lowest BCUT2D eigenvalue weighted by atomic mass is 10.1. The highest BCUT2D eigenvalue weighted by Crippen LogP contribution is 2.29. The van der Waals surface area contributed by atoms with Crippen LogP contribution < -0.4 is 4.90 Å². The fourth-order valence-corrected chi connectivity index (χ4v) is 4.76. The SMILES string of the molecule is CC(=O)N(c1ccccc1)c1nc(CN2CCN(Cc3cccc(C)c3)CC2)cs1. The van der Waals surface area contributed by atoms with Crippen LogP contribution in [-0.4, -0.2) is 46.9 Å². The second-order valence-corrected chi connectivity index (χ2v) is 8.69. The molecule has 0 saturated carbocycles. The molecule has 0 aliphatic carbocycles. The Balaban J connectivity index is 1.34. The summed E-state index contributed by atoms with van der Waals surface area (Å²) in [6.45, 7) is 9.77. The molecule has 1 aliphatic rings. The van der Waals surface area contributed by atoms with E-state index in [1.54, 1.807) is 11.8 Å². The average Bonchev–Trinajstić information content (AvgIpc) is 3.18. The molecule has 0 atom stereocenters. The average molecular weight is 421 g/mol. The summed E-state index contributed by atoms with van der Waals surface area (Å²) in [5.74, 6) is -0.0214. The van der Waals surface area contributed by atoms with E-state index in [1.165, 1.54) is 22.5 Å². The largest absolute Gasteiger partial charge is 0.297 e. The van der Waals surface area contributed by atoms with Gasteiger partial charge in [0.15, 0.2) is 5.13 Å². The highest BCUT2D eigenvalue weighted by molar-refractivity contribution is 7.14. The first kappa shape index (κ1) is 20.7. The van der Waals surface area contributed by atoms with Crippen molar-refractivity contribution in [2.45, 2.75) is 26.9 Å². The third-order valence-electron chi connectivity index (χ3n) is 5.40. The van der Waals surface area contributed by atoms with E-state index < -0.39 is 0 Å². The topological polar surface area (TPSA) is 39.7 Å². The van der Waals surface area contributed by atoms with Gasteiger partial charge < -0.3 is 0 Å². The number of anilines is 2. The Hall–Kier alpha value is -2.54. The van der Waals surface area contributed by atoms with E-state index in [1.807, 2.05) is 30.3 Å². The predicted molar refractivity (Wildman–Crippen MR) is 123 cm³/mol. The third-order valence-corrected chi connectivity index (χ3v) is 6.27. The summed E-state index contributed by atoms with van der Waals surface area (Å²) >= 11 is 1.53. The van der Waals surface area contributed by atoms with Crippen molar-refractivity contribution in [3.63, 3.8) is 0 Å². The van der Waals surface area contributed by atoms with Crippen LogP contribution in [0.2, 0.25) is 0 Å². The van der Waals surface area contributed by atoms with Gasteiger partial charge in [-0.05, 0) is 24.6 Å². The van der Waals surface area contributed by atoms with Crippen LogP contribution in [-0.2, 0) is 17.9 Å². The number of hydrogen-bond donors (Lipinski definition) is 0. The molecule has 3 aromatic rings. The standard InChI is InChI=1S/C24H28N4OS/c1-19-7-6-8-21(15-19)16-26-11-13-27(14-12-26)17-22-18-30-24(25-22)28(20(2)29)23-9-4-3-5-10-23/h3-10,15,18H,11-14,16-17H2,1-2H3. The lowest BCUT2D eigenvalue weighted by Crippen LogP contribution is -2.45.